The van der Waals surface area contributed by atoms with Gasteiger partial charge in [-0.3, -0.25) is 0 Å². The van der Waals surface area contributed by atoms with Gasteiger partial charge in [0.15, 0.2) is 0 Å². The molecule has 8 heavy (non-hydrogen) atoms. The van der Waals surface area contributed by atoms with Crippen molar-refractivity contribution in [3.63, 3.8) is 0 Å². The van der Waals surface area contributed by atoms with Crippen LogP contribution in [0.5, 0.6) is 0 Å². The molecule has 0 spiro atoms. The van der Waals surface area contributed by atoms with E-state index in [4.69, 9.17) is 0 Å². The minimum atomic E-state index is 0.527. The largest absolute Gasteiger partial charge is 0.172 e. The van der Waals surface area contributed by atoms with Crippen LogP contribution in [0.3, 0.4) is 0 Å². The van der Waals surface area contributed by atoms with Crippen LogP contribution in [0.2, 0.25) is 0 Å². The maximum absolute atomic E-state index is 4.33. The molecule has 0 aromatic rings. The van der Waals surface area contributed by atoms with E-state index in [0.717, 1.165) is 5.92 Å². The highest BCUT2D eigenvalue weighted by Gasteiger charge is 2.08. The summed E-state index contributed by atoms with van der Waals surface area (Å²) in [6, 6.07) is 0. The van der Waals surface area contributed by atoms with Crippen LogP contribution in [0, 0.1) is 5.92 Å². The highest BCUT2D eigenvalue weighted by Crippen LogP contribution is 2.20. The van der Waals surface area contributed by atoms with Crippen LogP contribution in [0.4, 0.5) is 0 Å². The first-order chi connectivity index (χ1) is 3.79. The van der Waals surface area contributed by atoms with E-state index < -0.39 is 0 Å². The molecule has 0 N–H and O–H groups in total. The number of hydrogen-bond donors (Lipinski definition) is 1. The van der Waals surface area contributed by atoms with Crippen LogP contribution in [-0.4, -0.2) is 5.25 Å². The molecule has 0 bridgehead atoms. The quantitative estimate of drug-likeness (QED) is 0.375. The topological polar surface area (TPSA) is 0 Å². The standard InChI is InChI=1S/C7H12S/c1-6-3-2-4-7(8)5-6/h2,4,6-8H,3,5H2,1H3. The van der Waals surface area contributed by atoms with Gasteiger partial charge in [-0.25, -0.2) is 0 Å². The zero-order valence-corrected chi connectivity index (χ0v) is 6.07. The lowest BCUT2D eigenvalue weighted by molar-refractivity contribution is 0.535. The third-order valence-electron chi connectivity index (χ3n) is 1.54. The normalized spacial score (nSPS) is 37.8. The third kappa shape index (κ3) is 1.55. The van der Waals surface area contributed by atoms with Gasteiger partial charge in [-0.2, -0.15) is 12.6 Å². The first-order valence-corrected chi connectivity index (χ1v) is 3.65. The number of allylic oxidation sites excluding steroid dienone is 1. The van der Waals surface area contributed by atoms with Crippen LogP contribution in [0.1, 0.15) is 19.8 Å². The molecule has 1 aliphatic carbocycles. The summed E-state index contributed by atoms with van der Waals surface area (Å²) >= 11 is 4.33. The summed E-state index contributed by atoms with van der Waals surface area (Å²) in [4.78, 5) is 0. The van der Waals surface area contributed by atoms with Crippen molar-refractivity contribution in [1.82, 2.24) is 0 Å². The minimum Gasteiger partial charge on any atom is -0.172 e. The van der Waals surface area contributed by atoms with Gasteiger partial charge in [-0.05, 0) is 18.8 Å². The maximum atomic E-state index is 4.33. The van der Waals surface area contributed by atoms with Gasteiger partial charge in [0.1, 0.15) is 0 Å². The SMILES string of the molecule is CC1CC=CC(S)C1. The minimum absolute atomic E-state index is 0.527. The molecule has 0 aromatic carbocycles. The summed E-state index contributed by atoms with van der Waals surface area (Å²) in [7, 11) is 0. The molecule has 0 radical (unpaired) electrons. The van der Waals surface area contributed by atoms with Crippen molar-refractivity contribution in [2.45, 2.75) is 25.0 Å². The van der Waals surface area contributed by atoms with Crippen LogP contribution in [-0.2, 0) is 0 Å². The second-order valence-electron chi connectivity index (χ2n) is 2.57. The van der Waals surface area contributed by atoms with Crippen molar-refractivity contribution in [1.29, 1.82) is 0 Å². The fourth-order valence-electron chi connectivity index (χ4n) is 1.06. The zero-order chi connectivity index (χ0) is 5.98. The summed E-state index contributed by atoms with van der Waals surface area (Å²) in [5, 5.41) is 0.527. The Bertz CT molecular complexity index is 96.6. The Hall–Kier alpha value is 0.0900. The second-order valence-corrected chi connectivity index (χ2v) is 3.24. The van der Waals surface area contributed by atoms with Gasteiger partial charge in [0.05, 0.1) is 0 Å². The average Bonchev–Trinajstić information content (AvgIpc) is 1.64. The van der Waals surface area contributed by atoms with E-state index in [0.29, 0.717) is 5.25 Å². The Morgan fingerprint density at radius 2 is 2.38 bits per heavy atom. The van der Waals surface area contributed by atoms with Crippen molar-refractivity contribution in [2.75, 3.05) is 0 Å². The highest BCUT2D eigenvalue weighted by molar-refractivity contribution is 7.81. The molecule has 2 unspecified atom stereocenters. The van der Waals surface area contributed by atoms with Gasteiger partial charge >= 0.3 is 0 Å². The van der Waals surface area contributed by atoms with E-state index in [-0.39, 0.29) is 0 Å². The monoisotopic (exact) mass is 128 g/mol. The molecule has 0 fully saturated rings. The van der Waals surface area contributed by atoms with Crippen molar-refractivity contribution >= 4 is 12.6 Å². The molecule has 0 amide bonds. The van der Waals surface area contributed by atoms with Crippen molar-refractivity contribution in [3.05, 3.63) is 12.2 Å². The smallest absolute Gasteiger partial charge is 0.0199 e. The summed E-state index contributed by atoms with van der Waals surface area (Å²) in [6.07, 6.45) is 6.91. The molecule has 1 aliphatic rings. The van der Waals surface area contributed by atoms with E-state index in [9.17, 15) is 0 Å². The van der Waals surface area contributed by atoms with Crippen molar-refractivity contribution < 1.29 is 0 Å². The van der Waals surface area contributed by atoms with Crippen LogP contribution < -0.4 is 0 Å². The predicted molar refractivity (Wildman–Crippen MR) is 40.3 cm³/mol. The Morgan fingerprint density at radius 1 is 1.62 bits per heavy atom. The number of hydrogen-bond acceptors (Lipinski definition) is 1. The number of rotatable bonds is 0. The fourth-order valence-corrected chi connectivity index (χ4v) is 1.54. The molecular formula is C7H12S. The lowest BCUT2D eigenvalue weighted by atomic mass is 9.96. The molecule has 0 aliphatic heterocycles. The molecule has 0 aromatic heterocycles. The van der Waals surface area contributed by atoms with Gasteiger partial charge in [0.25, 0.3) is 0 Å². The summed E-state index contributed by atoms with van der Waals surface area (Å²) in [5.74, 6) is 0.850. The summed E-state index contributed by atoms with van der Waals surface area (Å²) in [6.45, 7) is 2.27. The molecular weight excluding hydrogens is 116 g/mol. The lowest BCUT2D eigenvalue weighted by Crippen LogP contribution is -2.06. The third-order valence-corrected chi connectivity index (χ3v) is 1.92. The van der Waals surface area contributed by atoms with Gasteiger partial charge < -0.3 is 0 Å². The molecule has 0 nitrogen and oxygen atoms in total. The van der Waals surface area contributed by atoms with E-state index in [1.165, 1.54) is 12.8 Å². The number of thiol groups is 1. The molecule has 1 rings (SSSR count). The van der Waals surface area contributed by atoms with Gasteiger partial charge in [-0.1, -0.05) is 19.1 Å². The Morgan fingerprint density at radius 3 is 2.75 bits per heavy atom. The molecule has 0 saturated carbocycles. The summed E-state index contributed by atoms with van der Waals surface area (Å²) in [5.41, 5.74) is 0. The Kier molecular flexibility index (Phi) is 2.01. The lowest BCUT2D eigenvalue weighted by Gasteiger charge is -2.16. The highest BCUT2D eigenvalue weighted by atomic mass is 32.1. The Balaban J connectivity index is 2.42. The molecule has 0 heterocycles. The molecule has 0 saturated heterocycles. The Labute approximate surface area is 56.4 Å². The van der Waals surface area contributed by atoms with Gasteiger partial charge in [0.2, 0.25) is 0 Å². The van der Waals surface area contributed by atoms with Crippen LogP contribution in [0.25, 0.3) is 0 Å². The fraction of sp³-hybridized carbons (Fsp3) is 0.714. The van der Waals surface area contributed by atoms with E-state index >= 15 is 0 Å². The van der Waals surface area contributed by atoms with E-state index in [1.54, 1.807) is 0 Å². The van der Waals surface area contributed by atoms with E-state index in [2.05, 4.69) is 31.7 Å². The van der Waals surface area contributed by atoms with Gasteiger partial charge in [0, 0.05) is 5.25 Å². The predicted octanol–water partition coefficient (Wildman–Crippen LogP) is 2.27. The molecule has 46 valence electrons. The first-order valence-electron chi connectivity index (χ1n) is 3.14. The first kappa shape index (κ1) is 6.21. The molecule has 2 atom stereocenters. The zero-order valence-electron chi connectivity index (χ0n) is 5.17. The van der Waals surface area contributed by atoms with E-state index in [1.807, 2.05) is 0 Å². The maximum Gasteiger partial charge on any atom is 0.0199 e. The van der Waals surface area contributed by atoms with Crippen LogP contribution in [0.15, 0.2) is 12.2 Å². The van der Waals surface area contributed by atoms with Crippen molar-refractivity contribution in [2.24, 2.45) is 5.92 Å². The average molecular weight is 128 g/mol. The van der Waals surface area contributed by atoms with Gasteiger partial charge in [-0.15, -0.1) is 0 Å². The summed E-state index contributed by atoms with van der Waals surface area (Å²) < 4.78 is 0. The second kappa shape index (κ2) is 2.58. The molecule has 1 heteroatoms. The van der Waals surface area contributed by atoms with Crippen molar-refractivity contribution in [3.8, 4) is 0 Å². The van der Waals surface area contributed by atoms with Crippen LogP contribution >= 0.6 is 12.6 Å².